The number of aromatic nitrogens is 3. The third kappa shape index (κ3) is 5.83. The summed E-state index contributed by atoms with van der Waals surface area (Å²) in [4.78, 5) is 20.0. The number of carbonyl (C=O) groups excluding carboxylic acids is 1. The molecule has 0 fully saturated rings. The van der Waals surface area contributed by atoms with Crippen LogP contribution in [0.3, 0.4) is 0 Å². The highest BCUT2D eigenvalue weighted by Crippen LogP contribution is 2.39. The van der Waals surface area contributed by atoms with E-state index in [2.05, 4.69) is 14.8 Å². The molecule has 1 aliphatic heterocycles. The molecule has 0 atom stereocenters. The Bertz CT molecular complexity index is 2140. The highest BCUT2D eigenvalue weighted by molar-refractivity contribution is 7.18. The lowest BCUT2D eigenvalue weighted by Crippen LogP contribution is -2.29. The first-order valence-electron chi connectivity index (χ1n) is 14.3. The standard InChI is InChI=1S/C32H23F5N4O6S/c1-43-19-11-25(22-13-27(47-26(22)12-19)23-14-41-30(38-23)48-31(39-41)44-2)45-15-16-4-3-5-24-21(16)6-7-40(24)28(42)17-8-18(32(35,36)37)10-20(9-17)46-29(33)34/h3-5,8-14,29H,6-7,15H2,1-2H3. The van der Waals surface area contributed by atoms with Gasteiger partial charge in [0.05, 0.1) is 31.4 Å². The summed E-state index contributed by atoms with van der Waals surface area (Å²) in [7, 11) is 3.04. The van der Waals surface area contributed by atoms with Crippen LogP contribution >= 0.6 is 11.3 Å². The van der Waals surface area contributed by atoms with Crippen molar-refractivity contribution in [1.29, 1.82) is 0 Å². The van der Waals surface area contributed by atoms with Crippen LogP contribution in [-0.2, 0) is 19.2 Å². The van der Waals surface area contributed by atoms with Gasteiger partial charge in [-0.05, 0) is 59.2 Å². The van der Waals surface area contributed by atoms with Crippen molar-refractivity contribution in [2.45, 2.75) is 25.8 Å². The van der Waals surface area contributed by atoms with Crippen molar-refractivity contribution in [3.05, 3.63) is 83.0 Å². The van der Waals surface area contributed by atoms with Gasteiger partial charge in [-0.2, -0.15) is 22.0 Å². The lowest BCUT2D eigenvalue weighted by atomic mass is 10.1. The number of carbonyl (C=O) groups is 1. The Morgan fingerprint density at radius 2 is 1.90 bits per heavy atom. The smallest absolute Gasteiger partial charge is 0.416 e. The number of amides is 1. The number of halogens is 5. The largest absolute Gasteiger partial charge is 0.496 e. The summed E-state index contributed by atoms with van der Waals surface area (Å²) in [6, 6.07) is 12.4. The number of nitrogens with zero attached hydrogens (tertiary/aromatic N) is 4. The predicted molar refractivity (Wildman–Crippen MR) is 163 cm³/mol. The van der Waals surface area contributed by atoms with Gasteiger partial charge in [0.1, 0.15) is 35.1 Å². The molecule has 4 heterocycles. The van der Waals surface area contributed by atoms with Gasteiger partial charge in [-0.1, -0.05) is 12.1 Å². The van der Waals surface area contributed by atoms with Crippen LogP contribution in [-0.4, -0.2) is 47.9 Å². The van der Waals surface area contributed by atoms with Gasteiger partial charge in [-0.25, -0.2) is 9.50 Å². The molecular formula is C32H23F5N4O6S. The number of ether oxygens (including phenoxy) is 4. The lowest BCUT2D eigenvalue weighted by molar-refractivity contribution is -0.138. The van der Waals surface area contributed by atoms with Crippen LogP contribution in [0.4, 0.5) is 27.6 Å². The van der Waals surface area contributed by atoms with E-state index in [4.69, 9.17) is 18.6 Å². The van der Waals surface area contributed by atoms with Crippen LogP contribution in [0.15, 0.2) is 65.2 Å². The Kier molecular flexibility index (Phi) is 7.81. The number of hydrogen-bond acceptors (Lipinski definition) is 9. The van der Waals surface area contributed by atoms with E-state index < -0.39 is 35.6 Å². The van der Waals surface area contributed by atoms with Gasteiger partial charge in [0.25, 0.3) is 11.1 Å². The van der Waals surface area contributed by atoms with Crippen molar-refractivity contribution in [2.75, 3.05) is 25.7 Å². The molecule has 0 unspecified atom stereocenters. The molecule has 0 radical (unpaired) electrons. The number of fused-ring (bicyclic) bond motifs is 3. The third-order valence-corrected chi connectivity index (χ3v) is 8.60. The summed E-state index contributed by atoms with van der Waals surface area (Å²) >= 11 is 1.28. The molecule has 248 valence electrons. The minimum Gasteiger partial charge on any atom is -0.496 e. The molecular weight excluding hydrogens is 663 g/mol. The number of rotatable bonds is 9. The van der Waals surface area contributed by atoms with Crippen molar-refractivity contribution in [3.8, 4) is 33.9 Å². The SMILES string of the molecule is COc1cc(OCc2cccc3c2CCN3C(=O)c2cc(OC(F)F)cc(C(F)(F)F)c2)c2cc(-c3cn4nc(OC)sc4n3)oc2c1. The molecule has 3 aromatic carbocycles. The minimum absolute atomic E-state index is 0.0772. The maximum Gasteiger partial charge on any atom is 0.416 e. The van der Waals surface area contributed by atoms with E-state index in [0.29, 0.717) is 68.3 Å². The molecule has 1 aliphatic rings. The van der Waals surface area contributed by atoms with Gasteiger partial charge in [-0.15, -0.1) is 5.10 Å². The maximum atomic E-state index is 13.5. The molecule has 0 aliphatic carbocycles. The van der Waals surface area contributed by atoms with Crippen LogP contribution in [0.1, 0.15) is 27.0 Å². The van der Waals surface area contributed by atoms with Gasteiger partial charge in [0, 0.05) is 29.9 Å². The van der Waals surface area contributed by atoms with Crippen molar-refractivity contribution in [3.63, 3.8) is 0 Å². The van der Waals surface area contributed by atoms with Gasteiger partial charge in [-0.3, -0.25) is 4.79 Å². The van der Waals surface area contributed by atoms with Crippen molar-refractivity contribution in [2.24, 2.45) is 0 Å². The fraction of sp³-hybridized carbons (Fsp3) is 0.219. The van der Waals surface area contributed by atoms with Gasteiger partial charge in [0.15, 0.2) is 5.76 Å². The molecule has 10 nitrogen and oxygen atoms in total. The van der Waals surface area contributed by atoms with Crippen molar-refractivity contribution < 1.29 is 50.1 Å². The maximum absolute atomic E-state index is 13.5. The van der Waals surface area contributed by atoms with E-state index in [9.17, 15) is 26.7 Å². The van der Waals surface area contributed by atoms with Crippen LogP contribution < -0.4 is 23.8 Å². The number of alkyl halides is 5. The average molecular weight is 687 g/mol. The Balaban J connectivity index is 1.16. The molecule has 48 heavy (non-hydrogen) atoms. The first kappa shape index (κ1) is 31.2. The topological polar surface area (TPSA) is 101 Å². The number of benzene rings is 3. The fourth-order valence-electron chi connectivity index (χ4n) is 5.55. The summed E-state index contributed by atoms with van der Waals surface area (Å²) < 4.78 is 95.1. The normalized spacial score (nSPS) is 13.0. The molecule has 0 saturated heterocycles. The Morgan fingerprint density at radius 1 is 1.06 bits per heavy atom. The summed E-state index contributed by atoms with van der Waals surface area (Å²) in [6.45, 7) is -3.13. The summed E-state index contributed by atoms with van der Waals surface area (Å²) in [6.07, 6.45) is -2.78. The quantitative estimate of drug-likeness (QED) is 0.143. The van der Waals surface area contributed by atoms with Crippen LogP contribution in [0.5, 0.6) is 22.4 Å². The van der Waals surface area contributed by atoms with E-state index in [-0.39, 0.29) is 13.2 Å². The summed E-state index contributed by atoms with van der Waals surface area (Å²) in [5.74, 6) is -0.126. The molecule has 0 spiro atoms. The number of anilines is 1. The summed E-state index contributed by atoms with van der Waals surface area (Å²) in [5.41, 5.74) is 1.31. The molecule has 3 aromatic heterocycles. The number of imidazole rings is 1. The van der Waals surface area contributed by atoms with Crippen molar-refractivity contribution in [1.82, 2.24) is 14.6 Å². The Morgan fingerprint density at radius 3 is 2.62 bits per heavy atom. The monoisotopic (exact) mass is 686 g/mol. The molecule has 6 aromatic rings. The molecule has 1 amide bonds. The van der Waals surface area contributed by atoms with Crippen molar-refractivity contribution >= 4 is 38.9 Å². The van der Waals surface area contributed by atoms with E-state index >= 15 is 0 Å². The zero-order chi connectivity index (χ0) is 33.7. The zero-order valence-electron chi connectivity index (χ0n) is 25.0. The fourth-order valence-corrected chi connectivity index (χ4v) is 6.25. The van der Waals surface area contributed by atoms with Crippen LogP contribution in [0.25, 0.3) is 27.4 Å². The van der Waals surface area contributed by atoms with Gasteiger partial charge in [0.2, 0.25) is 4.96 Å². The zero-order valence-corrected chi connectivity index (χ0v) is 25.8. The number of furan rings is 1. The second-order valence-corrected chi connectivity index (χ2v) is 11.5. The van der Waals surface area contributed by atoms with E-state index in [0.717, 1.165) is 17.2 Å². The minimum atomic E-state index is -4.88. The highest BCUT2D eigenvalue weighted by atomic mass is 32.1. The first-order valence-corrected chi connectivity index (χ1v) is 15.1. The van der Waals surface area contributed by atoms with Crippen LogP contribution in [0.2, 0.25) is 0 Å². The van der Waals surface area contributed by atoms with E-state index in [1.165, 1.54) is 30.5 Å². The molecule has 0 N–H and O–H groups in total. The average Bonchev–Trinajstić information content (AvgIpc) is 3.84. The van der Waals surface area contributed by atoms with E-state index in [1.807, 2.05) is 6.07 Å². The first-order chi connectivity index (χ1) is 23.0. The Labute approximate surface area is 271 Å². The third-order valence-electron chi connectivity index (χ3n) is 7.72. The molecule has 7 rings (SSSR count). The number of methoxy groups -OCH3 is 2. The second kappa shape index (κ2) is 12.0. The van der Waals surface area contributed by atoms with Gasteiger partial charge >= 0.3 is 12.8 Å². The molecule has 0 bridgehead atoms. The number of hydrogen-bond donors (Lipinski definition) is 0. The molecule has 0 saturated carbocycles. The molecule has 16 heteroatoms. The van der Waals surface area contributed by atoms with Crippen LogP contribution in [0, 0.1) is 0 Å². The van der Waals surface area contributed by atoms with Gasteiger partial charge < -0.3 is 28.3 Å². The lowest BCUT2D eigenvalue weighted by Gasteiger charge is -2.20. The predicted octanol–water partition coefficient (Wildman–Crippen LogP) is 7.62. The highest BCUT2D eigenvalue weighted by Gasteiger charge is 2.34. The summed E-state index contributed by atoms with van der Waals surface area (Å²) in [5, 5.41) is 5.42. The van der Waals surface area contributed by atoms with E-state index in [1.54, 1.807) is 41.0 Å². The Hall–Kier alpha value is -5.38. The second-order valence-electron chi connectivity index (χ2n) is 10.6.